The molecule has 2 aromatic heterocycles. The fraction of sp³-hybridized carbons (Fsp3) is 0.364. The Morgan fingerprint density at radius 1 is 1.15 bits per heavy atom. The van der Waals surface area contributed by atoms with Crippen LogP contribution in [0.25, 0.3) is 5.69 Å². The molecule has 3 aromatic rings. The molecule has 1 aliphatic rings. The Bertz CT molecular complexity index is 1130. The fourth-order valence-electron chi connectivity index (χ4n) is 4.04. The molecule has 33 heavy (non-hydrogen) atoms. The molecule has 0 spiro atoms. The number of rotatable bonds is 5. The maximum Gasteiger partial charge on any atom is 0.417 e. The number of benzene rings is 1. The van der Waals surface area contributed by atoms with Crippen LogP contribution in [0, 0.1) is 6.92 Å². The quantitative estimate of drug-likeness (QED) is 0.522. The van der Waals surface area contributed by atoms with Crippen molar-refractivity contribution >= 4 is 5.91 Å². The molecule has 1 atom stereocenters. The zero-order chi connectivity index (χ0) is 23.8. The standard InChI is InChI=1S/C22H20F5N5O/c1-14-3-2-4-17(19(14)32-29-10-11-30-32)20(33)31-12-9-21(23,24)18(31)8-7-16-6-5-15(13-28-16)22(25,26)27/h2-6,10-11,13,18H,7-9,12H2,1H3/t18-/m1/s1. The maximum absolute atomic E-state index is 14.7. The topological polar surface area (TPSA) is 63.9 Å². The van der Waals surface area contributed by atoms with Gasteiger partial charge in [-0.15, -0.1) is 0 Å². The number of halogens is 5. The summed E-state index contributed by atoms with van der Waals surface area (Å²) in [6, 6.07) is 5.59. The molecule has 3 heterocycles. The van der Waals surface area contributed by atoms with E-state index in [0.29, 0.717) is 17.4 Å². The third kappa shape index (κ3) is 4.57. The zero-order valence-electron chi connectivity index (χ0n) is 17.6. The van der Waals surface area contributed by atoms with Gasteiger partial charge in [0.1, 0.15) is 5.69 Å². The molecule has 1 aliphatic heterocycles. The number of amides is 1. The Morgan fingerprint density at radius 2 is 1.88 bits per heavy atom. The van der Waals surface area contributed by atoms with E-state index in [1.54, 1.807) is 25.1 Å². The van der Waals surface area contributed by atoms with Crippen LogP contribution in [0.4, 0.5) is 22.0 Å². The molecular formula is C22H20F5N5O. The Balaban J connectivity index is 1.57. The van der Waals surface area contributed by atoms with Gasteiger partial charge >= 0.3 is 6.18 Å². The number of carbonyl (C=O) groups is 1. The highest BCUT2D eigenvalue weighted by Gasteiger charge is 2.50. The molecule has 1 saturated heterocycles. The third-order valence-electron chi connectivity index (χ3n) is 5.72. The number of aromatic nitrogens is 4. The fourth-order valence-corrected chi connectivity index (χ4v) is 4.04. The van der Waals surface area contributed by atoms with Gasteiger partial charge in [-0.3, -0.25) is 9.78 Å². The SMILES string of the molecule is Cc1cccc(C(=O)N2CCC(F)(F)[C@H]2CCc2ccc(C(F)(F)F)cn2)c1-n1nccn1. The van der Waals surface area contributed by atoms with E-state index in [9.17, 15) is 26.7 Å². The molecule has 4 rings (SSSR count). The van der Waals surface area contributed by atoms with E-state index in [0.717, 1.165) is 11.0 Å². The molecule has 0 N–H and O–H groups in total. The number of nitrogens with zero attached hydrogens (tertiary/aromatic N) is 5. The first-order chi connectivity index (χ1) is 15.6. The van der Waals surface area contributed by atoms with E-state index in [1.165, 1.54) is 23.3 Å². The molecule has 0 saturated carbocycles. The average molecular weight is 465 g/mol. The highest BCUT2D eigenvalue weighted by molar-refractivity contribution is 5.98. The molecule has 11 heteroatoms. The number of aryl methyl sites for hydroxylation is 2. The summed E-state index contributed by atoms with van der Waals surface area (Å²) in [6.45, 7) is 1.62. The number of alkyl halides is 5. The number of para-hydroxylation sites is 1. The zero-order valence-corrected chi connectivity index (χ0v) is 17.6. The van der Waals surface area contributed by atoms with Gasteiger partial charge in [-0.25, -0.2) is 8.78 Å². The predicted octanol–water partition coefficient (Wildman–Crippen LogP) is 4.47. The van der Waals surface area contributed by atoms with E-state index in [4.69, 9.17) is 0 Å². The van der Waals surface area contributed by atoms with Gasteiger partial charge in [0.15, 0.2) is 0 Å². The van der Waals surface area contributed by atoms with Gasteiger partial charge in [0.25, 0.3) is 11.8 Å². The lowest BCUT2D eigenvalue weighted by Crippen LogP contribution is -2.43. The van der Waals surface area contributed by atoms with Gasteiger partial charge in [0.2, 0.25) is 0 Å². The van der Waals surface area contributed by atoms with Gasteiger partial charge in [-0.2, -0.15) is 28.2 Å². The van der Waals surface area contributed by atoms with Crippen molar-refractivity contribution in [1.29, 1.82) is 0 Å². The summed E-state index contributed by atoms with van der Waals surface area (Å²) in [5.41, 5.74) is 0.643. The monoisotopic (exact) mass is 465 g/mol. The summed E-state index contributed by atoms with van der Waals surface area (Å²) in [6.07, 6.45) is -1.58. The minimum absolute atomic E-state index is 0.00353. The number of hydrogen-bond donors (Lipinski definition) is 0. The molecule has 0 radical (unpaired) electrons. The number of carbonyl (C=O) groups excluding carboxylic acids is 1. The van der Waals surface area contributed by atoms with E-state index in [-0.39, 0.29) is 30.6 Å². The van der Waals surface area contributed by atoms with Gasteiger partial charge in [-0.1, -0.05) is 12.1 Å². The van der Waals surface area contributed by atoms with Gasteiger partial charge in [0, 0.05) is 24.9 Å². The molecule has 6 nitrogen and oxygen atoms in total. The first kappa shape index (κ1) is 22.8. The molecule has 1 fully saturated rings. The van der Waals surface area contributed by atoms with Crippen molar-refractivity contribution in [3.05, 3.63) is 71.3 Å². The van der Waals surface area contributed by atoms with Crippen LogP contribution >= 0.6 is 0 Å². The van der Waals surface area contributed by atoms with Crippen molar-refractivity contribution in [2.75, 3.05) is 6.54 Å². The lowest BCUT2D eigenvalue weighted by molar-refractivity contribution is -0.137. The first-order valence-corrected chi connectivity index (χ1v) is 10.2. The summed E-state index contributed by atoms with van der Waals surface area (Å²) in [5, 5.41) is 8.13. The minimum atomic E-state index is -4.53. The molecule has 174 valence electrons. The normalized spacial score (nSPS) is 18.0. The molecule has 0 bridgehead atoms. The van der Waals surface area contributed by atoms with Crippen molar-refractivity contribution in [2.45, 2.75) is 44.3 Å². The van der Waals surface area contributed by atoms with Gasteiger partial charge in [0.05, 0.1) is 29.6 Å². The van der Waals surface area contributed by atoms with Crippen molar-refractivity contribution in [3.63, 3.8) is 0 Å². The van der Waals surface area contributed by atoms with Crippen LogP contribution in [-0.4, -0.2) is 49.3 Å². The van der Waals surface area contributed by atoms with Crippen LogP contribution < -0.4 is 0 Å². The second-order valence-corrected chi connectivity index (χ2v) is 7.89. The maximum atomic E-state index is 14.7. The lowest BCUT2D eigenvalue weighted by atomic mass is 10.0. The van der Waals surface area contributed by atoms with Crippen molar-refractivity contribution in [1.82, 2.24) is 24.9 Å². The van der Waals surface area contributed by atoms with E-state index in [2.05, 4.69) is 15.2 Å². The second-order valence-electron chi connectivity index (χ2n) is 7.89. The summed E-state index contributed by atoms with van der Waals surface area (Å²) in [5.74, 6) is -3.70. The number of pyridine rings is 1. The van der Waals surface area contributed by atoms with Crippen LogP contribution in [0.3, 0.4) is 0 Å². The summed E-state index contributed by atoms with van der Waals surface area (Å²) in [7, 11) is 0. The average Bonchev–Trinajstić information content (AvgIpc) is 3.39. The van der Waals surface area contributed by atoms with Crippen LogP contribution in [0.1, 0.15) is 40.0 Å². The van der Waals surface area contributed by atoms with Gasteiger partial charge in [-0.05, 0) is 43.5 Å². The molecule has 1 amide bonds. The third-order valence-corrected chi connectivity index (χ3v) is 5.72. The Morgan fingerprint density at radius 3 is 2.52 bits per heavy atom. The highest BCUT2D eigenvalue weighted by Crippen LogP contribution is 2.38. The van der Waals surface area contributed by atoms with E-state index in [1.807, 2.05) is 0 Å². The van der Waals surface area contributed by atoms with Crippen LogP contribution in [0.5, 0.6) is 0 Å². The second kappa shape index (κ2) is 8.53. The minimum Gasteiger partial charge on any atom is -0.329 e. The number of likely N-dealkylation sites (tertiary alicyclic amines) is 1. The highest BCUT2D eigenvalue weighted by atomic mass is 19.4. The van der Waals surface area contributed by atoms with Crippen molar-refractivity contribution < 1.29 is 26.7 Å². The van der Waals surface area contributed by atoms with Crippen LogP contribution in [0.15, 0.2) is 48.9 Å². The van der Waals surface area contributed by atoms with Crippen molar-refractivity contribution in [3.8, 4) is 5.69 Å². The Hall–Kier alpha value is -3.37. The van der Waals surface area contributed by atoms with Gasteiger partial charge < -0.3 is 4.90 Å². The summed E-state index contributed by atoms with van der Waals surface area (Å²) >= 11 is 0. The first-order valence-electron chi connectivity index (χ1n) is 10.2. The van der Waals surface area contributed by atoms with Crippen LogP contribution in [-0.2, 0) is 12.6 Å². The number of hydrogen-bond acceptors (Lipinski definition) is 4. The predicted molar refractivity (Wildman–Crippen MR) is 108 cm³/mol. The summed E-state index contributed by atoms with van der Waals surface area (Å²) < 4.78 is 67.6. The molecule has 1 aromatic carbocycles. The molecule has 0 unspecified atom stereocenters. The summed E-state index contributed by atoms with van der Waals surface area (Å²) in [4.78, 5) is 19.5. The van der Waals surface area contributed by atoms with Crippen LogP contribution in [0.2, 0.25) is 0 Å². The Labute approximate surface area is 186 Å². The lowest BCUT2D eigenvalue weighted by Gasteiger charge is -2.28. The van der Waals surface area contributed by atoms with E-state index < -0.39 is 36.0 Å². The Kier molecular flexibility index (Phi) is 5.89. The molecule has 0 aliphatic carbocycles. The van der Waals surface area contributed by atoms with Crippen molar-refractivity contribution in [2.24, 2.45) is 0 Å². The van der Waals surface area contributed by atoms with E-state index >= 15 is 0 Å². The largest absolute Gasteiger partial charge is 0.417 e. The molecular weight excluding hydrogens is 445 g/mol. The smallest absolute Gasteiger partial charge is 0.329 e.